The highest BCUT2D eigenvalue weighted by atomic mass is 19.1. The minimum absolute atomic E-state index is 0.0562. The summed E-state index contributed by atoms with van der Waals surface area (Å²) >= 11 is 0. The van der Waals surface area contributed by atoms with E-state index in [0.29, 0.717) is 25.2 Å². The van der Waals surface area contributed by atoms with Gasteiger partial charge in [0.25, 0.3) is 0 Å². The lowest BCUT2D eigenvalue weighted by Gasteiger charge is -2.40. The van der Waals surface area contributed by atoms with Gasteiger partial charge in [-0.3, -0.25) is 4.79 Å². The van der Waals surface area contributed by atoms with Gasteiger partial charge in [-0.25, -0.2) is 4.39 Å². The average molecular weight is 333 g/mol. The molecule has 1 aromatic rings. The minimum Gasteiger partial charge on any atom is -0.376 e. The molecular formula is C20H28FNO2. The Morgan fingerprint density at radius 3 is 2.54 bits per heavy atom. The SMILES string of the molecule is CC1CCCCC1OCCNC(=O)C1(c2ccc(F)cc2)CCC1. The second kappa shape index (κ2) is 7.64. The number of carbonyl (C=O) groups is 1. The maximum atomic E-state index is 13.1. The summed E-state index contributed by atoms with van der Waals surface area (Å²) in [5.41, 5.74) is 0.459. The van der Waals surface area contributed by atoms with Gasteiger partial charge >= 0.3 is 0 Å². The van der Waals surface area contributed by atoms with Crippen molar-refractivity contribution in [3.63, 3.8) is 0 Å². The van der Waals surface area contributed by atoms with E-state index >= 15 is 0 Å². The highest BCUT2D eigenvalue weighted by Gasteiger charge is 2.45. The van der Waals surface area contributed by atoms with Crippen LogP contribution in [0.25, 0.3) is 0 Å². The van der Waals surface area contributed by atoms with Crippen LogP contribution in [-0.4, -0.2) is 25.2 Å². The fourth-order valence-corrected chi connectivity index (χ4v) is 4.02. The minimum atomic E-state index is -0.466. The number of ether oxygens (including phenoxy) is 1. The molecule has 1 N–H and O–H groups in total. The second-order valence-corrected chi connectivity index (χ2v) is 7.37. The van der Waals surface area contributed by atoms with Crippen LogP contribution in [0.15, 0.2) is 24.3 Å². The molecular weight excluding hydrogens is 305 g/mol. The summed E-state index contributed by atoms with van der Waals surface area (Å²) < 4.78 is 19.1. The zero-order chi connectivity index (χ0) is 17.0. The zero-order valence-electron chi connectivity index (χ0n) is 14.5. The van der Waals surface area contributed by atoms with Crippen LogP contribution in [0.3, 0.4) is 0 Å². The van der Waals surface area contributed by atoms with E-state index in [1.54, 1.807) is 12.1 Å². The van der Waals surface area contributed by atoms with E-state index in [4.69, 9.17) is 4.74 Å². The highest BCUT2D eigenvalue weighted by Crippen LogP contribution is 2.43. The molecule has 1 aromatic carbocycles. The Balaban J connectivity index is 1.49. The average Bonchev–Trinajstić information content (AvgIpc) is 2.54. The van der Waals surface area contributed by atoms with E-state index in [0.717, 1.165) is 31.2 Å². The summed E-state index contributed by atoms with van der Waals surface area (Å²) in [6, 6.07) is 6.37. The monoisotopic (exact) mass is 333 g/mol. The highest BCUT2D eigenvalue weighted by molar-refractivity contribution is 5.89. The summed E-state index contributed by atoms with van der Waals surface area (Å²) in [4.78, 5) is 12.7. The van der Waals surface area contributed by atoms with Crippen LogP contribution in [0.2, 0.25) is 0 Å². The molecule has 0 aromatic heterocycles. The van der Waals surface area contributed by atoms with Crippen molar-refractivity contribution in [3.8, 4) is 0 Å². The Morgan fingerprint density at radius 2 is 1.92 bits per heavy atom. The standard InChI is InChI=1S/C20H28FNO2/c1-15-5-2-3-6-18(15)24-14-13-22-19(23)20(11-4-12-20)16-7-9-17(21)10-8-16/h7-10,15,18H,2-6,11-14H2,1H3,(H,22,23). The quantitative estimate of drug-likeness (QED) is 0.800. The lowest BCUT2D eigenvalue weighted by Crippen LogP contribution is -2.50. The number of halogens is 1. The van der Waals surface area contributed by atoms with Crippen LogP contribution in [0.1, 0.15) is 57.4 Å². The molecule has 2 aliphatic rings. The lowest BCUT2D eigenvalue weighted by molar-refractivity contribution is -0.130. The Hall–Kier alpha value is -1.42. The molecule has 0 spiro atoms. The van der Waals surface area contributed by atoms with Gasteiger partial charge in [0.15, 0.2) is 0 Å². The predicted molar refractivity (Wildman–Crippen MR) is 92.3 cm³/mol. The molecule has 0 aliphatic heterocycles. The molecule has 0 radical (unpaired) electrons. The molecule has 24 heavy (non-hydrogen) atoms. The molecule has 0 saturated heterocycles. The van der Waals surface area contributed by atoms with E-state index in [-0.39, 0.29) is 11.7 Å². The van der Waals surface area contributed by atoms with Crippen molar-refractivity contribution >= 4 is 5.91 Å². The third kappa shape index (κ3) is 3.64. The summed E-state index contributed by atoms with van der Waals surface area (Å²) in [5.74, 6) is 0.413. The molecule has 2 aliphatic carbocycles. The van der Waals surface area contributed by atoms with Crippen LogP contribution in [0.5, 0.6) is 0 Å². The first-order valence-electron chi connectivity index (χ1n) is 9.28. The van der Waals surface area contributed by atoms with Gasteiger partial charge < -0.3 is 10.1 Å². The van der Waals surface area contributed by atoms with Gasteiger partial charge in [0.1, 0.15) is 5.82 Å². The number of hydrogen-bond acceptors (Lipinski definition) is 2. The van der Waals surface area contributed by atoms with Gasteiger partial charge in [-0.15, -0.1) is 0 Å². The van der Waals surface area contributed by atoms with Crippen molar-refractivity contribution in [2.75, 3.05) is 13.2 Å². The predicted octanol–water partition coefficient (Wildman–Crippen LogP) is 3.96. The zero-order valence-corrected chi connectivity index (χ0v) is 14.5. The third-order valence-corrected chi connectivity index (χ3v) is 5.79. The fourth-order valence-electron chi connectivity index (χ4n) is 4.02. The van der Waals surface area contributed by atoms with Crippen molar-refractivity contribution in [2.24, 2.45) is 5.92 Å². The lowest BCUT2D eigenvalue weighted by atomic mass is 9.64. The van der Waals surface area contributed by atoms with Crippen molar-refractivity contribution in [1.29, 1.82) is 0 Å². The first-order valence-corrected chi connectivity index (χ1v) is 9.28. The molecule has 3 nitrogen and oxygen atoms in total. The smallest absolute Gasteiger partial charge is 0.230 e. The largest absolute Gasteiger partial charge is 0.376 e. The summed E-state index contributed by atoms with van der Waals surface area (Å²) in [5, 5.41) is 3.04. The Labute approximate surface area is 144 Å². The summed E-state index contributed by atoms with van der Waals surface area (Å²) in [6.45, 7) is 3.37. The molecule has 0 bridgehead atoms. The number of rotatable bonds is 6. The van der Waals surface area contributed by atoms with Gasteiger partial charge in [0, 0.05) is 6.54 Å². The molecule has 132 valence electrons. The normalized spacial score (nSPS) is 25.8. The van der Waals surface area contributed by atoms with E-state index in [9.17, 15) is 9.18 Å². The molecule has 3 rings (SSSR count). The van der Waals surface area contributed by atoms with E-state index in [1.807, 2.05) is 0 Å². The Morgan fingerprint density at radius 1 is 1.21 bits per heavy atom. The molecule has 2 fully saturated rings. The van der Waals surface area contributed by atoms with Crippen LogP contribution in [0.4, 0.5) is 4.39 Å². The van der Waals surface area contributed by atoms with Crippen LogP contribution in [0, 0.1) is 11.7 Å². The van der Waals surface area contributed by atoms with Gasteiger partial charge in [-0.05, 0) is 49.3 Å². The number of nitrogens with one attached hydrogen (secondary N) is 1. The van der Waals surface area contributed by atoms with Crippen LogP contribution >= 0.6 is 0 Å². The maximum Gasteiger partial charge on any atom is 0.230 e. The number of benzene rings is 1. The second-order valence-electron chi connectivity index (χ2n) is 7.37. The fraction of sp³-hybridized carbons (Fsp3) is 0.650. The number of hydrogen-bond donors (Lipinski definition) is 1. The molecule has 2 saturated carbocycles. The third-order valence-electron chi connectivity index (χ3n) is 5.79. The Bertz CT molecular complexity index is 553. The molecule has 2 atom stereocenters. The van der Waals surface area contributed by atoms with Crippen molar-refractivity contribution < 1.29 is 13.9 Å². The van der Waals surface area contributed by atoms with E-state index < -0.39 is 5.41 Å². The topological polar surface area (TPSA) is 38.3 Å². The number of carbonyl (C=O) groups excluding carboxylic acids is 1. The van der Waals surface area contributed by atoms with Gasteiger partial charge in [0.2, 0.25) is 5.91 Å². The van der Waals surface area contributed by atoms with Gasteiger partial charge in [-0.2, -0.15) is 0 Å². The van der Waals surface area contributed by atoms with Gasteiger partial charge in [-0.1, -0.05) is 38.3 Å². The van der Waals surface area contributed by atoms with Crippen molar-refractivity contribution in [3.05, 3.63) is 35.6 Å². The van der Waals surface area contributed by atoms with Crippen LogP contribution in [-0.2, 0) is 14.9 Å². The van der Waals surface area contributed by atoms with Crippen molar-refractivity contribution in [2.45, 2.75) is 63.4 Å². The molecule has 4 heteroatoms. The van der Waals surface area contributed by atoms with Crippen molar-refractivity contribution in [1.82, 2.24) is 5.32 Å². The van der Waals surface area contributed by atoms with E-state index in [1.165, 1.54) is 31.4 Å². The summed E-state index contributed by atoms with van der Waals surface area (Å²) in [7, 11) is 0. The van der Waals surface area contributed by atoms with E-state index in [2.05, 4.69) is 12.2 Å². The summed E-state index contributed by atoms with van der Waals surface area (Å²) in [6.07, 6.45) is 7.98. The number of amides is 1. The molecule has 1 amide bonds. The maximum absolute atomic E-state index is 13.1. The molecule has 0 heterocycles. The Kier molecular flexibility index (Phi) is 5.54. The van der Waals surface area contributed by atoms with Crippen LogP contribution < -0.4 is 5.32 Å². The first kappa shape index (κ1) is 17.4. The first-order chi connectivity index (χ1) is 11.6. The van der Waals surface area contributed by atoms with Gasteiger partial charge in [0.05, 0.1) is 18.1 Å². The molecule has 2 unspecified atom stereocenters.